The van der Waals surface area contributed by atoms with Crippen LogP contribution in [0, 0.1) is 12.7 Å². The molecule has 4 aromatic rings. The smallest absolute Gasteiger partial charge is 0.126 e. The molecule has 0 saturated heterocycles. The van der Waals surface area contributed by atoms with E-state index in [1.165, 1.54) is 18.1 Å². The van der Waals surface area contributed by atoms with Gasteiger partial charge in [-0.25, -0.2) is 9.07 Å². The predicted octanol–water partition coefficient (Wildman–Crippen LogP) is 6.56. The van der Waals surface area contributed by atoms with Crippen molar-refractivity contribution in [2.24, 2.45) is 0 Å². The number of fused-ring (bicyclic) bond motifs is 1. The molecule has 0 unspecified atom stereocenters. The highest BCUT2D eigenvalue weighted by Gasteiger charge is 2.08. The quantitative estimate of drug-likeness (QED) is 0.402. The molecular formula is C23H23FN2. The summed E-state index contributed by atoms with van der Waals surface area (Å²) >= 11 is 0. The first-order chi connectivity index (χ1) is 12.6. The second-order valence-electron chi connectivity index (χ2n) is 6.34. The number of nitrogens with zero attached hydrogens (tertiary/aromatic N) is 2. The van der Waals surface area contributed by atoms with Crippen LogP contribution in [0.5, 0.6) is 0 Å². The highest BCUT2D eigenvalue weighted by atomic mass is 19.1. The predicted molar refractivity (Wildman–Crippen MR) is 107 cm³/mol. The maximum absolute atomic E-state index is 13.7. The van der Waals surface area contributed by atoms with E-state index in [0.717, 1.165) is 22.2 Å². The van der Waals surface area contributed by atoms with Crippen LogP contribution < -0.4 is 0 Å². The van der Waals surface area contributed by atoms with Crippen molar-refractivity contribution in [3.63, 3.8) is 0 Å². The molecule has 0 aliphatic rings. The largest absolute Gasteiger partial charge is 0.233 e. The van der Waals surface area contributed by atoms with Crippen molar-refractivity contribution in [3.05, 3.63) is 84.3 Å². The van der Waals surface area contributed by atoms with E-state index < -0.39 is 0 Å². The fraction of sp³-hybridized carbons (Fsp3) is 0.174. The fourth-order valence-corrected chi connectivity index (χ4v) is 2.78. The Kier molecular flexibility index (Phi) is 5.47. The molecule has 0 aliphatic heterocycles. The number of benzene rings is 3. The summed E-state index contributed by atoms with van der Waals surface area (Å²) in [6, 6.07) is 21.8. The minimum absolute atomic E-state index is 0.198. The van der Waals surface area contributed by atoms with Crippen molar-refractivity contribution in [1.82, 2.24) is 9.78 Å². The van der Waals surface area contributed by atoms with Crippen molar-refractivity contribution in [3.8, 4) is 16.8 Å². The van der Waals surface area contributed by atoms with E-state index in [-0.39, 0.29) is 5.82 Å². The van der Waals surface area contributed by atoms with Crippen LogP contribution in [-0.2, 0) is 0 Å². The van der Waals surface area contributed by atoms with Gasteiger partial charge in [0.2, 0.25) is 0 Å². The molecule has 0 bridgehead atoms. The Morgan fingerprint density at radius 3 is 2.15 bits per heavy atom. The standard InChI is InChI=1S/C20H15FN2.C3H8/c1-14-11-20-17(12-19(14)21)13-22-23(20)18-9-7-16(8-10-18)15-5-3-2-4-6-15;1-3-2/h2-13H,1H3;3H2,1-2H3. The summed E-state index contributed by atoms with van der Waals surface area (Å²) in [6.45, 7) is 6.02. The highest BCUT2D eigenvalue weighted by molar-refractivity contribution is 5.81. The monoisotopic (exact) mass is 346 g/mol. The van der Waals surface area contributed by atoms with Gasteiger partial charge in [-0.2, -0.15) is 5.10 Å². The van der Waals surface area contributed by atoms with Crippen LogP contribution in [0.15, 0.2) is 72.9 Å². The molecule has 0 radical (unpaired) electrons. The molecule has 0 saturated carbocycles. The SMILES string of the molecule is CCC.Cc1cc2c(cnn2-c2ccc(-c3ccccc3)cc2)cc1F. The van der Waals surface area contributed by atoms with Gasteiger partial charge in [0.05, 0.1) is 17.4 Å². The van der Waals surface area contributed by atoms with Gasteiger partial charge in [0.25, 0.3) is 0 Å². The molecule has 2 nitrogen and oxygen atoms in total. The Labute approximate surface area is 153 Å². The van der Waals surface area contributed by atoms with Gasteiger partial charge in [-0.15, -0.1) is 0 Å². The Morgan fingerprint density at radius 1 is 0.885 bits per heavy atom. The van der Waals surface area contributed by atoms with Crippen LogP contribution in [0.3, 0.4) is 0 Å². The summed E-state index contributed by atoms with van der Waals surface area (Å²) in [6.07, 6.45) is 2.95. The van der Waals surface area contributed by atoms with Gasteiger partial charge in [0.1, 0.15) is 5.82 Å². The summed E-state index contributed by atoms with van der Waals surface area (Å²) in [4.78, 5) is 0. The molecule has 3 aromatic carbocycles. The number of aromatic nitrogens is 2. The third-order valence-electron chi connectivity index (χ3n) is 4.07. The van der Waals surface area contributed by atoms with Crippen LogP contribution in [0.2, 0.25) is 0 Å². The minimum atomic E-state index is -0.198. The molecule has 0 amide bonds. The van der Waals surface area contributed by atoms with Crippen molar-refractivity contribution in [2.75, 3.05) is 0 Å². The number of aryl methyl sites for hydroxylation is 1. The van der Waals surface area contributed by atoms with E-state index in [9.17, 15) is 4.39 Å². The molecule has 0 spiro atoms. The average molecular weight is 346 g/mol. The lowest BCUT2D eigenvalue weighted by atomic mass is 10.1. The van der Waals surface area contributed by atoms with Crippen LogP contribution >= 0.6 is 0 Å². The zero-order valence-corrected chi connectivity index (χ0v) is 15.4. The molecule has 0 N–H and O–H groups in total. The first-order valence-corrected chi connectivity index (χ1v) is 8.93. The maximum atomic E-state index is 13.7. The van der Waals surface area contributed by atoms with Crippen molar-refractivity contribution in [2.45, 2.75) is 27.2 Å². The van der Waals surface area contributed by atoms with E-state index in [0.29, 0.717) is 5.56 Å². The normalized spacial score (nSPS) is 10.5. The van der Waals surface area contributed by atoms with Crippen LogP contribution in [0.1, 0.15) is 25.8 Å². The molecule has 4 rings (SSSR count). The van der Waals surface area contributed by atoms with Gasteiger partial charge < -0.3 is 0 Å². The van der Waals surface area contributed by atoms with E-state index in [1.807, 2.05) is 41.1 Å². The Hall–Kier alpha value is -2.94. The lowest BCUT2D eigenvalue weighted by Crippen LogP contribution is -1.96. The number of halogens is 1. The topological polar surface area (TPSA) is 17.8 Å². The second-order valence-corrected chi connectivity index (χ2v) is 6.34. The molecule has 26 heavy (non-hydrogen) atoms. The summed E-state index contributed by atoms with van der Waals surface area (Å²) in [7, 11) is 0. The van der Waals surface area contributed by atoms with Gasteiger partial charge in [-0.3, -0.25) is 0 Å². The van der Waals surface area contributed by atoms with Gasteiger partial charge in [0, 0.05) is 5.39 Å². The lowest BCUT2D eigenvalue weighted by Gasteiger charge is -2.07. The molecule has 132 valence electrons. The molecule has 1 heterocycles. The fourth-order valence-electron chi connectivity index (χ4n) is 2.78. The van der Waals surface area contributed by atoms with Crippen molar-refractivity contribution >= 4 is 10.9 Å². The summed E-state index contributed by atoms with van der Waals surface area (Å²) in [5, 5.41) is 5.21. The van der Waals surface area contributed by atoms with E-state index in [1.54, 1.807) is 13.1 Å². The third kappa shape index (κ3) is 3.67. The number of hydrogen-bond donors (Lipinski definition) is 0. The first-order valence-electron chi connectivity index (χ1n) is 8.93. The summed E-state index contributed by atoms with van der Waals surface area (Å²) in [5.41, 5.74) is 4.84. The van der Waals surface area contributed by atoms with Crippen molar-refractivity contribution < 1.29 is 4.39 Å². The number of rotatable bonds is 2. The maximum Gasteiger partial charge on any atom is 0.126 e. The zero-order chi connectivity index (χ0) is 18.5. The van der Waals surface area contributed by atoms with E-state index in [2.05, 4.69) is 43.2 Å². The van der Waals surface area contributed by atoms with Crippen LogP contribution in [0.25, 0.3) is 27.7 Å². The Bertz CT molecular complexity index is 986. The van der Waals surface area contributed by atoms with Crippen LogP contribution in [-0.4, -0.2) is 9.78 Å². The lowest BCUT2D eigenvalue weighted by molar-refractivity contribution is 0.620. The zero-order valence-electron chi connectivity index (χ0n) is 15.4. The van der Waals surface area contributed by atoms with Gasteiger partial charge in [-0.1, -0.05) is 62.7 Å². The second kappa shape index (κ2) is 7.96. The minimum Gasteiger partial charge on any atom is -0.233 e. The van der Waals surface area contributed by atoms with Gasteiger partial charge in [-0.05, 0) is 47.9 Å². The summed E-state index contributed by atoms with van der Waals surface area (Å²) in [5.74, 6) is -0.198. The Morgan fingerprint density at radius 2 is 1.50 bits per heavy atom. The van der Waals surface area contributed by atoms with Gasteiger partial charge in [0.15, 0.2) is 0 Å². The molecule has 0 atom stereocenters. The number of hydrogen-bond acceptors (Lipinski definition) is 1. The Balaban J connectivity index is 0.000000613. The summed E-state index contributed by atoms with van der Waals surface area (Å²) < 4.78 is 15.5. The molecule has 0 fully saturated rings. The van der Waals surface area contributed by atoms with E-state index in [4.69, 9.17) is 0 Å². The van der Waals surface area contributed by atoms with Crippen LogP contribution in [0.4, 0.5) is 4.39 Å². The van der Waals surface area contributed by atoms with Crippen molar-refractivity contribution in [1.29, 1.82) is 0 Å². The molecule has 1 aromatic heterocycles. The third-order valence-corrected chi connectivity index (χ3v) is 4.07. The highest BCUT2D eigenvalue weighted by Crippen LogP contribution is 2.24. The molecule has 0 aliphatic carbocycles. The van der Waals surface area contributed by atoms with E-state index >= 15 is 0 Å². The molecule has 3 heteroatoms. The first kappa shape index (κ1) is 17.9. The average Bonchev–Trinajstić information content (AvgIpc) is 3.06. The van der Waals surface area contributed by atoms with Gasteiger partial charge >= 0.3 is 0 Å². The molecular weight excluding hydrogens is 323 g/mol.